The van der Waals surface area contributed by atoms with Gasteiger partial charge >= 0.3 is 0 Å². The lowest BCUT2D eigenvalue weighted by atomic mass is 9.73. The number of benzene rings is 2. The highest BCUT2D eigenvalue weighted by molar-refractivity contribution is 8.22. The molecule has 0 aliphatic carbocycles. The van der Waals surface area contributed by atoms with Crippen molar-refractivity contribution in [2.45, 2.75) is 11.8 Å². The predicted octanol–water partition coefficient (Wildman–Crippen LogP) is 5.15. The third kappa shape index (κ3) is 6.90. The predicted molar refractivity (Wildman–Crippen MR) is 133 cm³/mol. The molecule has 0 atom stereocenters. The molecule has 0 saturated carbocycles. The van der Waals surface area contributed by atoms with Crippen LogP contribution in [0.1, 0.15) is 17.5 Å². The summed E-state index contributed by atoms with van der Waals surface area (Å²) in [5.74, 6) is 1.14. The van der Waals surface area contributed by atoms with Crippen molar-refractivity contribution in [2.24, 2.45) is 0 Å². The Balaban J connectivity index is 1.70. The molecule has 0 spiro atoms. The SMILES string of the molecule is CS(O)(O)NCC(=O)COc1ccc(C2(c3cc(Cl)c(OCCCCl)c(Cl)c3)COC2)cc1. The molecule has 0 unspecified atom stereocenters. The second-order valence-electron chi connectivity index (χ2n) is 7.74. The fourth-order valence-corrected chi connectivity index (χ4v) is 4.45. The highest BCUT2D eigenvalue weighted by Crippen LogP contribution is 2.44. The smallest absolute Gasteiger partial charge is 0.185 e. The van der Waals surface area contributed by atoms with Gasteiger partial charge in [-0.3, -0.25) is 13.9 Å². The molecule has 1 fully saturated rings. The van der Waals surface area contributed by atoms with Gasteiger partial charge in [0, 0.05) is 12.1 Å². The van der Waals surface area contributed by atoms with E-state index in [0.29, 0.717) is 53.7 Å². The molecule has 1 aliphatic rings. The number of hydrogen-bond acceptors (Lipinski definition) is 7. The van der Waals surface area contributed by atoms with Crippen molar-refractivity contribution < 1.29 is 28.1 Å². The number of halogens is 3. The number of nitrogens with one attached hydrogen (secondary N) is 1. The van der Waals surface area contributed by atoms with Gasteiger partial charge in [0.25, 0.3) is 0 Å². The molecule has 1 saturated heterocycles. The normalized spacial score (nSPS) is 15.6. The minimum absolute atomic E-state index is 0.188. The Bertz CT molecular complexity index is 941. The summed E-state index contributed by atoms with van der Waals surface area (Å²) in [6, 6.07) is 11.1. The first-order valence-electron chi connectivity index (χ1n) is 10.1. The molecule has 7 nitrogen and oxygen atoms in total. The van der Waals surface area contributed by atoms with Gasteiger partial charge in [-0.05, 0) is 41.8 Å². The van der Waals surface area contributed by atoms with Gasteiger partial charge in [-0.15, -0.1) is 22.4 Å². The largest absolute Gasteiger partial charge is 0.490 e. The maximum absolute atomic E-state index is 11.8. The van der Waals surface area contributed by atoms with Crippen LogP contribution in [0.15, 0.2) is 36.4 Å². The lowest BCUT2D eigenvalue weighted by Gasteiger charge is -2.42. The van der Waals surface area contributed by atoms with Crippen LogP contribution in [0.3, 0.4) is 0 Å². The van der Waals surface area contributed by atoms with E-state index in [1.165, 1.54) is 6.26 Å². The van der Waals surface area contributed by atoms with Crippen molar-refractivity contribution in [1.82, 2.24) is 4.72 Å². The Hall–Kier alpha value is -1.23. The summed E-state index contributed by atoms with van der Waals surface area (Å²) in [5.41, 5.74) is 1.51. The number of carbonyl (C=O) groups is 1. The maximum Gasteiger partial charge on any atom is 0.185 e. The second kappa shape index (κ2) is 11.5. The minimum atomic E-state index is -2.93. The van der Waals surface area contributed by atoms with Crippen molar-refractivity contribution >= 4 is 51.4 Å². The molecule has 1 aliphatic heterocycles. The molecule has 2 aromatic carbocycles. The molecular weight excluding hydrogens is 513 g/mol. The van der Waals surface area contributed by atoms with Crippen LogP contribution in [0.4, 0.5) is 0 Å². The van der Waals surface area contributed by atoms with Gasteiger partial charge in [0.2, 0.25) is 0 Å². The number of rotatable bonds is 12. The van der Waals surface area contributed by atoms with E-state index in [1.54, 1.807) is 12.1 Å². The van der Waals surface area contributed by atoms with E-state index in [2.05, 4.69) is 4.72 Å². The van der Waals surface area contributed by atoms with Crippen LogP contribution in [0, 0.1) is 0 Å². The van der Waals surface area contributed by atoms with Crippen molar-refractivity contribution in [3.05, 3.63) is 57.6 Å². The average molecular weight is 539 g/mol. The zero-order valence-corrected chi connectivity index (χ0v) is 21.1. The van der Waals surface area contributed by atoms with Crippen LogP contribution in [0.2, 0.25) is 10.0 Å². The molecule has 0 aromatic heterocycles. The van der Waals surface area contributed by atoms with Gasteiger partial charge in [0.15, 0.2) is 11.5 Å². The van der Waals surface area contributed by atoms with Crippen LogP contribution in [-0.2, 0) is 14.9 Å². The Morgan fingerprint density at radius 1 is 1.12 bits per heavy atom. The molecule has 33 heavy (non-hydrogen) atoms. The number of Topliss-reactive ketones (excluding diaryl/α,β-unsaturated/α-hetero) is 1. The van der Waals surface area contributed by atoms with E-state index in [9.17, 15) is 13.9 Å². The fourth-order valence-electron chi connectivity index (χ4n) is 3.31. The number of ether oxygens (including phenoxy) is 3. The molecule has 0 bridgehead atoms. The van der Waals surface area contributed by atoms with Gasteiger partial charge < -0.3 is 14.2 Å². The Labute approximate surface area is 209 Å². The highest BCUT2D eigenvalue weighted by atomic mass is 35.5. The first kappa shape index (κ1) is 26.4. The number of ketones is 1. The Morgan fingerprint density at radius 3 is 2.27 bits per heavy atom. The van der Waals surface area contributed by atoms with E-state index in [1.807, 2.05) is 24.3 Å². The van der Waals surface area contributed by atoms with Gasteiger partial charge in [0.05, 0.1) is 41.8 Å². The third-order valence-corrected chi connectivity index (χ3v) is 6.64. The van der Waals surface area contributed by atoms with Gasteiger partial charge in [-0.25, -0.2) is 4.72 Å². The molecule has 3 N–H and O–H groups in total. The van der Waals surface area contributed by atoms with Crippen LogP contribution >= 0.6 is 45.6 Å². The molecule has 2 aromatic rings. The van der Waals surface area contributed by atoms with Gasteiger partial charge in [-0.1, -0.05) is 35.3 Å². The maximum atomic E-state index is 11.8. The minimum Gasteiger partial charge on any atom is -0.490 e. The topological polar surface area (TPSA) is 97.3 Å². The van der Waals surface area contributed by atoms with Crippen LogP contribution in [0.5, 0.6) is 11.5 Å². The van der Waals surface area contributed by atoms with Crippen molar-refractivity contribution in [2.75, 3.05) is 45.1 Å². The van der Waals surface area contributed by atoms with Crippen LogP contribution in [-0.4, -0.2) is 60.0 Å². The number of hydrogen-bond donors (Lipinski definition) is 3. The zero-order valence-electron chi connectivity index (χ0n) is 18.0. The van der Waals surface area contributed by atoms with Crippen LogP contribution in [0.25, 0.3) is 0 Å². The Morgan fingerprint density at radius 2 is 1.76 bits per heavy atom. The lowest BCUT2D eigenvalue weighted by molar-refractivity contribution is -0.119. The fraction of sp³-hybridized carbons (Fsp3) is 0.409. The number of alkyl halides is 1. The number of carbonyl (C=O) groups excluding carboxylic acids is 1. The molecule has 0 amide bonds. The van der Waals surface area contributed by atoms with Crippen molar-refractivity contribution in [1.29, 1.82) is 0 Å². The lowest BCUT2D eigenvalue weighted by Crippen LogP contribution is -2.47. The summed E-state index contributed by atoms with van der Waals surface area (Å²) in [6.07, 6.45) is 1.90. The highest BCUT2D eigenvalue weighted by Gasteiger charge is 2.42. The first-order valence-corrected chi connectivity index (χ1v) is 13.4. The van der Waals surface area contributed by atoms with Crippen molar-refractivity contribution in [3.8, 4) is 11.5 Å². The van der Waals surface area contributed by atoms with E-state index < -0.39 is 16.2 Å². The zero-order chi connectivity index (χ0) is 24.1. The summed E-state index contributed by atoms with van der Waals surface area (Å²) in [7, 11) is -2.93. The molecular formula is C22H26Cl3NO6S. The summed E-state index contributed by atoms with van der Waals surface area (Å²) in [6.45, 7) is 0.994. The third-order valence-electron chi connectivity index (χ3n) is 5.12. The molecule has 182 valence electrons. The van der Waals surface area contributed by atoms with Gasteiger partial charge in [0.1, 0.15) is 12.4 Å². The second-order valence-corrected chi connectivity index (χ2v) is 10.9. The summed E-state index contributed by atoms with van der Waals surface area (Å²) < 4.78 is 37.7. The van der Waals surface area contributed by atoms with Crippen LogP contribution < -0.4 is 14.2 Å². The molecule has 3 rings (SSSR count). The molecule has 0 radical (unpaired) electrons. The first-order chi connectivity index (χ1) is 15.6. The van der Waals surface area contributed by atoms with Crippen molar-refractivity contribution in [3.63, 3.8) is 0 Å². The van der Waals surface area contributed by atoms with E-state index in [0.717, 1.165) is 11.1 Å². The molecule has 1 heterocycles. The quantitative estimate of drug-likeness (QED) is 0.254. The monoisotopic (exact) mass is 537 g/mol. The molecule has 11 heteroatoms. The summed E-state index contributed by atoms with van der Waals surface area (Å²) in [4.78, 5) is 11.8. The van der Waals surface area contributed by atoms with E-state index in [4.69, 9.17) is 49.0 Å². The summed E-state index contributed by atoms with van der Waals surface area (Å²) >= 11 is 18.6. The Kier molecular flexibility index (Phi) is 9.16. The van der Waals surface area contributed by atoms with E-state index in [-0.39, 0.29) is 18.9 Å². The summed E-state index contributed by atoms with van der Waals surface area (Å²) in [5, 5.41) is 0.850. The van der Waals surface area contributed by atoms with Gasteiger partial charge in [-0.2, -0.15) is 0 Å². The average Bonchev–Trinajstić information content (AvgIpc) is 2.72. The standard InChI is InChI=1S/C22H26Cl3NO6S/c1-33(28,29)26-11-17(27)12-32-18-5-3-15(4-6-18)22(13-30-14-22)16-9-19(24)21(20(25)10-16)31-8-2-7-23/h3-6,9-10,26,28-29H,2,7-8,11-14H2,1H3. The van der Waals surface area contributed by atoms with E-state index >= 15 is 0 Å².